The lowest BCUT2D eigenvalue weighted by Crippen LogP contribution is -2.11. The predicted octanol–water partition coefficient (Wildman–Crippen LogP) is 16.2. The molecule has 7 aromatic rings. The molecule has 35 heteroatoms. The summed E-state index contributed by atoms with van der Waals surface area (Å²) in [5, 5.41) is 3.68. The Bertz CT molecular complexity index is 5600. The third kappa shape index (κ3) is 28.9. The van der Waals surface area contributed by atoms with E-state index in [0.717, 1.165) is 17.0 Å². The van der Waals surface area contributed by atoms with Crippen molar-refractivity contribution in [3.63, 3.8) is 0 Å². The van der Waals surface area contributed by atoms with E-state index in [2.05, 4.69) is 4.74 Å². The number of methoxy groups -OCH3 is 6. The maximum atomic E-state index is 13.2. The molecule has 0 radical (unpaired) electrons. The number of cyclic esters (lactones) is 6. The maximum Gasteiger partial charge on any atom is 0.341 e. The third-order valence-corrected chi connectivity index (χ3v) is 18.9. The molecule has 0 spiro atoms. The van der Waals surface area contributed by atoms with Crippen LogP contribution in [0, 0.1) is 5.82 Å². The smallest absolute Gasteiger partial charge is 0.341 e. The Morgan fingerprint density at radius 3 is 0.860 bits per heavy atom. The Morgan fingerprint density at radius 2 is 0.550 bits per heavy atom. The first-order valence-electron chi connectivity index (χ1n) is 37.9. The molecule has 0 saturated carbocycles. The van der Waals surface area contributed by atoms with Crippen LogP contribution in [0.15, 0.2) is 271 Å². The molecule has 30 nitrogen and oxygen atoms in total. The van der Waals surface area contributed by atoms with E-state index in [1.165, 1.54) is 129 Å². The standard InChI is InChI=1S/C19H16O5.4C15H13ClO5.C15H13FO5/c1-12-10-17(24-18(12)20)23-11-16(19(21)22-2)15-9-5-7-13-6-3-4-8-14(13)15;1-9-7-13(21-14(9)17)20-8-12(15(18)19-2)10-3-5-11(16)6-4-10;1-9-6-13(21-14(9)17)20-8-12(15(18)19-2)10-4-3-5-11(16)7-10;2*1-9-7-13(21-14(9)17)20-8-11(15(18)19-2)10-5-3-4-6-12(10)16;1-9-6-13(21-14(9)17)20-8-12(15(18)19-2)10-4-3-5-11(16)7-10/h3-11,17H,1-2H3;5*3-8,13H,1-2H3/b16-11+;2*12-8+;11-8+;11-8-;12-8+. The van der Waals surface area contributed by atoms with Gasteiger partial charge in [0, 0.05) is 101 Å². The van der Waals surface area contributed by atoms with E-state index in [0.29, 0.717) is 86.9 Å². The van der Waals surface area contributed by atoms with Crippen LogP contribution >= 0.6 is 46.4 Å². The molecule has 0 aliphatic carbocycles. The average Bonchev–Trinajstić information content (AvgIpc) is 1.63. The second-order valence-electron chi connectivity index (χ2n) is 26.7. The minimum atomic E-state index is -0.911. The van der Waals surface area contributed by atoms with E-state index in [4.69, 9.17) is 127 Å². The summed E-state index contributed by atoms with van der Waals surface area (Å²) in [6.07, 6.45) is 11.1. The number of fused-ring (bicyclic) bond motifs is 1. The van der Waals surface area contributed by atoms with E-state index in [-0.39, 0.29) is 33.4 Å². The van der Waals surface area contributed by atoms with Crippen LogP contribution in [0.25, 0.3) is 44.2 Å². The number of carbonyl (C=O) groups is 12. The molecule has 6 aliphatic rings. The van der Waals surface area contributed by atoms with Crippen molar-refractivity contribution in [3.8, 4) is 0 Å². The van der Waals surface area contributed by atoms with Gasteiger partial charge >= 0.3 is 71.6 Å². The Balaban J connectivity index is 0.000000191. The summed E-state index contributed by atoms with van der Waals surface area (Å²) in [6, 6.07) is 45.6. The molecule has 6 atom stereocenters. The first-order chi connectivity index (χ1) is 61.7. The molecule has 0 N–H and O–H groups in total. The number of benzene rings is 7. The fourth-order valence-corrected chi connectivity index (χ4v) is 11.8. The van der Waals surface area contributed by atoms with Gasteiger partial charge in [-0.25, -0.2) is 61.9 Å². The van der Waals surface area contributed by atoms with Gasteiger partial charge in [0.1, 0.15) is 76.8 Å². The molecule has 129 heavy (non-hydrogen) atoms. The van der Waals surface area contributed by atoms with Crippen LogP contribution in [0.2, 0.25) is 20.1 Å². The largest absolute Gasteiger partial charge is 0.465 e. The normalized spacial score (nSPS) is 17.9. The van der Waals surface area contributed by atoms with Crippen LogP contribution in [0.3, 0.4) is 0 Å². The van der Waals surface area contributed by atoms with E-state index in [1.54, 1.807) is 145 Å². The summed E-state index contributed by atoms with van der Waals surface area (Å²) >= 11 is 23.8. The van der Waals surface area contributed by atoms with E-state index in [9.17, 15) is 61.9 Å². The van der Waals surface area contributed by atoms with Gasteiger partial charge in [-0.15, -0.1) is 0 Å². The summed E-state index contributed by atoms with van der Waals surface area (Å²) < 4.78 is 103. The van der Waals surface area contributed by atoms with Gasteiger partial charge in [-0.1, -0.05) is 162 Å². The number of halogens is 5. The molecule has 0 saturated heterocycles. The van der Waals surface area contributed by atoms with Gasteiger partial charge in [0.25, 0.3) is 37.7 Å². The maximum absolute atomic E-state index is 13.2. The van der Waals surface area contributed by atoms with Gasteiger partial charge in [0.2, 0.25) is 0 Å². The highest BCUT2D eigenvalue weighted by Crippen LogP contribution is 2.32. The quantitative estimate of drug-likeness (QED) is 0.0235. The average molecular weight is 1850 g/mol. The second kappa shape index (κ2) is 48.6. The number of ether oxygens (including phenoxy) is 18. The zero-order chi connectivity index (χ0) is 94.1. The Hall–Kier alpha value is -14.8. The number of esters is 12. The van der Waals surface area contributed by atoms with Crippen molar-refractivity contribution in [2.24, 2.45) is 0 Å². The van der Waals surface area contributed by atoms with Crippen molar-refractivity contribution in [1.29, 1.82) is 0 Å². The van der Waals surface area contributed by atoms with Crippen LogP contribution in [0.1, 0.15) is 74.9 Å². The van der Waals surface area contributed by atoms with Gasteiger partial charge < -0.3 is 85.3 Å². The summed E-state index contributed by atoms with van der Waals surface area (Å²) in [5.74, 6) is -6.79. The van der Waals surface area contributed by atoms with Crippen LogP contribution in [-0.4, -0.2) is 152 Å². The lowest BCUT2D eigenvalue weighted by Gasteiger charge is -2.12. The van der Waals surface area contributed by atoms with Gasteiger partial charge in [-0.2, -0.15) is 0 Å². The number of carbonyl (C=O) groups excluding carboxylic acids is 12. The number of hydrogen-bond acceptors (Lipinski definition) is 30. The first kappa shape index (κ1) is 99.6. The SMILES string of the molecule is COC(=O)/C(=C/OC1C=C(C)C(=O)O1)c1ccc(Cl)cc1.COC(=O)/C(=C/OC1C=C(C)C(=O)O1)c1cccc(Cl)c1.COC(=O)/C(=C/OC1C=C(C)C(=O)O1)c1cccc(F)c1.COC(=O)/C(=C/OC1C=C(C)C(=O)O1)c1cccc2ccccc12.COC(=O)/C(=C/OC1C=C(C)C(=O)O1)c1ccccc1Cl.COC(=O)/C(=C\OC1C=C(C)C(=O)O1)c1ccccc1Cl. The fraction of sp³-hybridized carbons (Fsp3) is 0.191. The van der Waals surface area contributed by atoms with Crippen LogP contribution in [-0.2, 0) is 143 Å². The van der Waals surface area contributed by atoms with Gasteiger partial charge in [0.05, 0.1) is 42.7 Å². The lowest BCUT2D eigenvalue weighted by atomic mass is 9.99. The fourth-order valence-electron chi connectivity index (χ4n) is 11.0. The molecule has 13 rings (SSSR count). The molecule has 0 bridgehead atoms. The molecule has 0 fully saturated rings. The first-order valence-corrected chi connectivity index (χ1v) is 39.5. The molecule has 7 aromatic carbocycles. The molecular formula is C94H81Cl4FO30. The molecular weight excluding hydrogens is 1770 g/mol. The number of rotatable bonds is 24. The summed E-state index contributed by atoms with van der Waals surface area (Å²) in [6.45, 7) is 9.70. The van der Waals surface area contributed by atoms with Gasteiger partial charge in [0.15, 0.2) is 0 Å². The molecule has 0 amide bonds. The minimum absolute atomic E-state index is 0.0194. The van der Waals surface area contributed by atoms with E-state index in [1.807, 2.05) is 42.5 Å². The Kier molecular flexibility index (Phi) is 37.6. The Labute approximate surface area is 757 Å². The minimum Gasteiger partial charge on any atom is -0.465 e. The highest BCUT2D eigenvalue weighted by atomic mass is 35.5. The summed E-state index contributed by atoms with van der Waals surface area (Å²) in [4.78, 5) is 139. The van der Waals surface area contributed by atoms with Crippen LogP contribution in [0.5, 0.6) is 0 Å². The van der Waals surface area contributed by atoms with Crippen molar-refractivity contribution < 1.29 is 147 Å². The monoisotopic (exact) mass is 1850 g/mol. The number of hydrogen-bond donors (Lipinski definition) is 0. The van der Waals surface area contributed by atoms with Gasteiger partial charge in [-0.3, -0.25) is 0 Å². The highest BCUT2D eigenvalue weighted by Gasteiger charge is 2.31. The molecule has 6 unspecified atom stereocenters. The van der Waals surface area contributed by atoms with Crippen molar-refractivity contribution in [1.82, 2.24) is 0 Å². The van der Waals surface area contributed by atoms with Crippen LogP contribution in [0.4, 0.5) is 4.39 Å². The van der Waals surface area contributed by atoms with Crippen molar-refractivity contribution >= 4 is 162 Å². The summed E-state index contributed by atoms with van der Waals surface area (Å²) in [5.41, 5.74) is 6.66. The predicted molar refractivity (Wildman–Crippen MR) is 464 cm³/mol. The molecule has 672 valence electrons. The van der Waals surface area contributed by atoms with Crippen LogP contribution < -0.4 is 0 Å². The molecule has 6 aliphatic heterocycles. The zero-order valence-corrected chi connectivity index (χ0v) is 73.6. The van der Waals surface area contributed by atoms with Crippen molar-refractivity contribution in [3.05, 3.63) is 331 Å². The molecule has 6 heterocycles. The topological polar surface area (TPSA) is 371 Å². The zero-order valence-electron chi connectivity index (χ0n) is 70.6. The highest BCUT2D eigenvalue weighted by molar-refractivity contribution is 6.35. The second-order valence-corrected chi connectivity index (χ2v) is 28.4. The van der Waals surface area contributed by atoms with Gasteiger partial charge in [-0.05, 0) is 123 Å². The molecule has 0 aromatic heterocycles. The van der Waals surface area contributed by atoms with Crippen molar-refractivity contribution in [2.75, 3.05) is 42.7 Å². The third-order valence-electron chi connectivity index (χ3n) is 17.8. The summed E-state index contributed by atoms with van der Waals surface area (Å²) in [7, 11) is 7.56. The van der Waals surface area contributed by atoms with E-state index < -0.39 is 115 Å². The van der Waals surface area contributed by atoms with Crippen molar-refractivity contribution in [2.45, 2.75) is 79.3 Å². The lowest BCUT2D eigenvalue weighted by molar-refractivity contribution is -0.153. The van der Waals surface area contributed by atoms with E-state index >= 15 is 0 Å². The Morgan fingerprint density at radius 1 is 0.287 bits per heavy atom.